The van der Waals surface area contributed by atoms with Gasteiger partial charge in [-0.1, -0.05) is 12.1 Å². The lowest BCUT2D eigenvalue weighted by molar-refractivity contribution is 0.102. The van der Waals surface area contributed by atoms with Gasteiger partial charge in [-0.25, -0.2) is 12.8 Å². The number of carbonyl (C=O) groups excluding carboxylic acids is 1. The number of carbonyl (C=O) groups is 1. The Bertz CT molecular complexity index is 1320. The number of piperazine rings is 1. The predicted octanol–water partition coefficient (Wildman–Crippen LogP) is 4.00. The topological polar surface area (TPSA) is 88.2 Å². The van der Waals surface area contributed by atoms with Crippen molar-refractivity contribution >= 4 is 27.3 Å². The van der Waals surface area contributed by atoms with Crippen LogP contribution in [0.15, 0.2) is 71.6 Å². The molecule has 0 atom stereocenters. The predicted molar refractivity (Wildman–Crippen MR) is 136 cm³/mol. The third-order valence-corrected chi connectivity index (χ3v) is 7.84. The van der Waals surface area contributed by atoms with Crippen molar-refractivity contribution in [2.75, 3.05) is 50.1 Å². The van der Waals surface area contributed by atoms with E-state index in [1.165, 1.54) is 10.4 Å². The van der Waals surface area contributed by atoms with Gasteiger partial charge in [-0.05, 0) is 61.5 Å². The van der Waals surface area contributed by atoms with Crippen LogP contribution in [0.5, 0.6) is 11.5 Å². The van der Waals surface area contributed by atoms with Crippen molar-refractivity contribution in [2.45, 2.75) is 11.8 Å². The second-order valence-electron chi connectivity index (χ2n) is 8.12. The summed E-state index contributed by atoms with van der Waals surface area (Å²) in [7, 11) is -2.55. The van der Waals surface area contributed by atoms with Crippen LogP contribution in [0.4, 0.5) is 15.8 Å². The van der Waals surface area contributed by atoms with Crippen LogP contribution >= 0.6 is 0 Å². The number of sulfonamides is 1. The Kier molecular flexibility index (Phi) is 7.76. The van der Waals surface area contributed by atoms with Crippen molar-refractivity contribution in [3.63, 3.8) is 0 Å². The molecule has 1 aliphatic heterocycles. The lowest BCUT2D eigenvalue weighted by atomic mass is 10.2. The third-order valence-electron chi connectivity index (χ3n) is 5.92. The number of hydrogen-bond donors (Lipinski definition) is 1. The smallest absolute Gasteiger partial charge is 0.255 e. The van der Waals surface area contributed by atoms with Gasteiger partial charge in [0.25, 0.3) is 5.91 Å². The second-order valence-corrected chi connectivity index (χ2v) is 10.0. The summed E-state index contributed by atoms with van der Waals surface area (Å²) in [5, 5.41) is 2.71. The Morgan fingerprint density at radius 2 is 1.69 bits per heavy atom. The first kappa shape index (κ1) is 25.5. The largest absolute Gasteiger partial charge is 0.497 e. The summed E-state index contributed by atoms with van der Waals surface area (Å²) >= 11 is 0. The molecule has 10 heteroatoms. The van der Waals surface area contributed by atoms with Crippen LogP contribution < -0.4 is 19.7 Å². The van der Waals surface area contributed by atoms with Crippen LogP contribution in [-0.4, -0.2) is 58.5 Å². The van der Waals surface area contributed by atoms with E-state index in [-0.39, 0.29) is 18.7 Å². The van der Waals surface area contributed by atoms with Crippen molar-refractivity contribution in [2.24, 2.45) is 0 Å². The number of amides is 1. The van der Waals surface area contributed by atoms with Gasteiger partial charge < -0.3 is 19.7 Å². The maximum Gasteiger partial charge on any atom is 0.255 e. The molecular formula is C26H28FN3O5S. The highest BCUT2D eigenvalue weighted by atomic mass is 32.2. The number of para-hydroxylation sites is 2. The summed E-state index contributed by atoms with van der Waals surface area (Å²) in [6, 6.07) is 17.8. The van der Waals surface area contributed by atoms with E-state index in [1.807, 2.05) is 31.2 Å². The number of hydrogen-bond acceptors (Lipinski definition) is 6. The number of benzene rings is 3. The number of ether oxygens (including phenoxy) is 2. The molecule has 36 heavy (non-hydrogen) atoms. The Hall–Kier alpha value is -3.63. The van der Waals surface area contributed by atoms with Gasteiger partial charge in [0.2, 0.25) is 10.0 Å². The number of methoxy groups -OCH3 is 1. The van der Waals surface area contributed by atoms with Gasteiger partial charge in [0.1, 0.15) is 22.2 Å². The van der Waals surface area contributed by atoms with E-state index in [0.29, 0.717) is 31.1 Å². The fourth-order valence-corrected chi connectivity index (χ4v) is 5.52. The number of halogens is 1. The van der Waals surface area contributed by atoms with Crippen LogP contribution in [0.2, 0.25) is 0 Å². The number of nitrogens with one attached hydrogen (secondary N) is 1. The van der Waals surface area contributed by atoms with Crippen LogP contribution in [0.1, 0.15) is 17.3 Å². The quantitative estimate of drug-likeness (QED) is 0.490. The lowest BCUT2D eigenvalue weighted by Crippen LogP contribution is -2.48. The normalized spacial score (nSPS) is 14.4. The molecule has 0 aromatic heterocycles. The second kappa shape index (κ2) is 11.0. The van der Waals surface area contributed by atoms with Crippen LogP contribution in [0.3, 0.4) is 0 Å². The minimum atomic E-state index is -4.15. The zero-order valence-corrected chi connectivity index (χ0v) is 20.9. The first-order valence-electron chi connectivity index (χ1n) is 11.6. The number of anilines is 2. The molecule has 1 aliphatic rings. The monoisotopic (exact) mass is 513 g/mol. The van der Waals surface area contributed by atoms with Gasteiger partial charge in [0, 0.05) is 37.4 Å². The van der Waals surface area contributed by atoms with Crippen molar-refractivity contribution in [1.29, 1.82) is 0 Å². The molecule has 1 heterocycles. The molecule has 4 rings (SSSR count). The first-order chi connectivity index (χ1) is 17.3. The van der Waals surface area contributed by atoms with E-state index < -0.39 is 26.6 Å². The van der Waals surface area contributed by atoms with Crippen LogP contribution in [0.25, 0.3) is 0 Å². The summed E-state index contributed by atoms with van der Waals surface area (Å²) in [5.41, 5.74) is 1.41. The molecule has 0 saturated carbocycles. The van der Waals surface area contributed by atoms with Crippen molar-refractivity contribution in [3.8, 4) is 11.5 Å². The van der Waals surface area contributed by atoms with Gasteiger partial charge in [0.05, 0.1) is 19.4 Å². The van der Waals surface area contributed by atoms with E-state index >= 15 is 0 Å². The zero-order valence-electron chi connectivity index (χ0n) is 20.1. The summed E-state index contributed by atoms with van der Waals surface area (Å²) in [6.45, 7) is 3.51. The van der Waals surface area contributed by atoms with Crippen LogP contribution in [-0.2, 0) is 10.0 Å². The number of nitrogens with zero attached hydrogens (tertiary/aromatic N) is 2. The highest BCUT2D eigenvalue weighted by molar-refractivity contribution is 7.89. The molecule has 0 aliphatic carbocycles. The molecule has 3 aromatic rings. The molecule has 1 amide bonds. The maximum absolute atomic E-state index is 14.7. The molecule has 1 saturated heterocycles. The Morgan fingerprint density at radius 1 is 1.00 bits per heavy atom. The molecule has 0 bridgehead atoms. The van der Waals surface area contributed by atoms with Gasteiger partial charge in [-0.15, -0.1) is 0 Å². The molecule has 190 valence electrons. The van der Waals surface area contributed by atoms with E-state index in [0.717, 1.165) is 23.6 Å². The van der Waals surface area contributed by atoms with Crippen molar-refractivity contribution in [1.82, 2.24) is 4.31 Å². The summed E-state index contributed by atoms with van der Waals surface area (Å²) in [4.78, 5) is 14.4. The fourth-order valence-electron chi connectivity index (χ4n) is 4.01. The summed E-state index contributed by atoms with van der Waals surface area (Å²) in [5.74, 6) is -0.249. The Morgan fingerprint density at radius 3 is 2.36 bits per heavy atom. The van der Waals surface area contributed by atoms with Gasteiger partial charge in [0.15, 0.2) is 0 Å². The van der Waals surface area contributed by atoms with E-state index in [9.17, 15) is 17.6 Å². The van der Waals surface area contributed by atoms with E-state index in [2.05, 4.69) is 10.2 Å². The highest BCUT2D eigenvalue weighted by Crippen LogP contribution is 2.27. The molecular weight excluding hydrogens is 485 g/mol. The average Bonchev–Trinajstić information content (AvgIpc) is 2.90. The Labute approximate surface area is 210 Å². The van der Waals surface area contributed by atoms with E-state index in [4.69, 9.17) is 9.47 Å². The van der Waals surface area contributed by atoms with Gasteiger partial charge in [-0.2, -0.15) is 4.31 Å². The summed E-state index contributed by atoms with van der Waals surface area (Å²) < 4.78 is 53.3. The minimum absolute atomic E-state index is 0.0261. The molecule has 8 nitrogen and oxygen atoms in total. The lowest BCUT2D eigenvalue weighted by Gasteiger charge is -2.35. The standard InChI is InChI=1S/C26H28FN3O5S/c1-3-35-24-7-5-4-6-23(24)28-26(31)19-8-13-22(27)25(18-19)36(32,33)30-16-14-29(15-17-30)20-9-11-21(34-2)12-10-20/h4-13,18H,3,14-17H2,1-2H3,(H,28,31). The summed E-state index contributed by atoms with van der Waals surface area (Å²) in [6.07, 6.45) is 0. The minimum Gasteiger partial charge on any atom is -0.497 e. The van der Waals surface area contributed by atoms with Gasteiger partial charge >= 0.3 is 0 Å². The third kappa shape index (κ3) is 5.44. The maximum atomic E-state index is 14.7. The molecule has 1 N–H and O–H groups in total. The average molecular weight is 514 g/mol. The van der Waals surface area contributed by atoms with E-state index in [1.54, 1.807) is 31.4 Å². The van der Waals surface area contributed by atoms with Crippen LogP contribution in [0, 0.1) is 5.82 Å². The first-order valence-corrected chi connectivity index (χ1v) is 13.0. The number of rotatable bonds is 8. The van der Waals surface area contributed by atoms with Gasteiger partial charge in [-0.3, -0.25) is 4.79 Å². The SMILES string of the molecule is CCOc1ccccc1NC(=O)c1ccc(F)c(S(=O)(=O)N2CCN(c3ccc(OC)cc3)CC2)c1. The Balaban J connectivity index is 1.49. The molecule has 3 aromatic carbocycles. The van der Waals surface area contributed by atoms with Crippen molar-refractivity contribution in [3.05, 3.63) is 78.1 Å². The molecule has 1 fully saturated rings. The molecule has 0 spiro atoms. The molecule has 0 radical (unpaired) electrons. The highest BCUT2D eigenvalue weighted by Gasteiger charge is 2.31. The van der Waals surface area contributed by atoms with Crippen molar-refractivity contribution < 1.29 is 27.1 Å². The molecule has 0 unspecified atom stereocenters. The zero-order chi connectivity index (χ0) is 25.7. The fraction of sp³-hybridized carbons (Fsp3) is 0.269.